The number of furan rings is 1. The monoisotopic (exact) mass is 236 g/mol. The predicted octanol–water partition coefficient (Wildman–Crippen LogP) is 2.99. The predicted molar refractivity (Wildman–Crippen MR) is 66.7 cm³/mol. The molecule has 0 bridgehead atoms. The summed E-state index contributed by atoms with van der Waals surface area (Å²) in [4.78, 5) is 5.94. The summed E-state index contributed by atoms with van der Waals surface area (Å²) >= 11 is 1.71. The normalized spacial score (nSPS) is 10.9. The summed E-state index contributed by atoms with van der Waals surface area (Å²) in [7, 11) is 1.96. The molecule has 16 heavy (non-hydrogen) atoms. The van der Waals surface area contributed by atoms with Crippen LogP contribution in [0.3, 0.4) is 0 Å². The summed E-state index contributed by atoms with van der Waals surface area (Å²) in [5, 5.41) is 4.16. The quantitative estimate of drug-likeness (QED) is 0.886. The molecule has 0 saturated heterocycles. The maximum Gasteiger partial charge on any atom is 0.165 e. The Morgan fingerprint density at radius 3 is 2.88 bits per heavy atom. The van der Waals surface area contributed by atoms with E-state index in [1.54, 1.807) is 17.6 Å². The van der Waals surface area contributed by atoms with Crippen LogP contribution in [0.2, 0.25) is 0 Å². The van der Waals surface area contributed by atoms with Crippen LogP contribution >= 0.6 is 11.3 Å². The molecular formula is C12H16N2OS. The molecule has 0 aromatic carbocycles. The number of aryl methyl sites for hydroxylation is 2. The van der Waals surface area contributed by atoms with Gasteiger partial charge in [0, 0.05) is 11.4 Å². The Morgan fingerprint density at radius 2 is 2.31 bits per heavy atom. The van der Waals surface area contributed by atoms with Gasteiger partial charge >= 0.3 is 0 Å². The summed E-state index contributed by atoms with van der Waals surface area (Å²) in [6, 6.07) is 1.97. The average Bonchev–Trinajstić information content (AvgIpc) is 2.85. The van der Waals surface area contributed by atoms with Crippen LogP contribution in [0, 0.1) is 6.92 Å². The second-order valence-electron chi connectivity index (χ2n) is 3.71. The van der Waals surface area contributed by atoms with Gasteiger partial charge in [-0.15, -0.1) is 11.3 Å². The maximum absolute atomic E-state index is 5.47. The number of nitrogens with zero attached hydrogens (tertiary/aromatic N) is 1. The van der Waals surface area contributed by atoms with Gasteiger partial charge in [0.2, 0.25) is 0 Å². The van der Waals surface area contributed by atoms with Crippen molar-refractivity contribution in [3.63, 3.8) is 0 Å². The van der Waals surface area contributed by atoms with Crippen molar-refractivity contribution >= 4 is 11.3 Å². The van der Waals surface area contributed by atoms with Crippen LogP contribution in [0.5, 0.6) is 0 Å². The van der Waals surface area contributed by atoms with Gasteiger partial charge in [0.25, 0.3) is 0 Å². The third-order valence-corrected chi connectivity index (χ3v) is 3.60. The van der Waals surface area contributed by atoms with E-state index in [9.17, 15) is 0 Å². The molecular weight excluding hydrogens is 220 g/mol. The van der Waals surface area contributed by atoms with Crippen molar-refractivity contribution in [2.75, 3.05) is 7.05 Å². The molecule has 4 heteroatoms. The molecule has 2 aromatic rings. The topological polar surface area (TPSA) is 38.1 Å². The summed E-state index contributed by atoms with van der Waals surface area (Å²) in [6.07, 6.45) is 2.68. The highest BCUT2D eigenvalue weighted by Crippen LogP contribution is 2.31. The Kier molecular flexibility index (Phi) is 3.41. The molecule has 0 amide bonds. The molecule has 0 spiro atoms. The fourth-order valence-electron chi connectivity index (χ4n) is 1.65. The first-order valence-electron chi connectivity index (χ1n) is 5.44. The van der Waals surface area contributed by atoms with Crippen molar-refractivity contribution < 1.29 is 4.42 Å². The minimum absolute atomic E-state index is 0.876. The lowest BCUT2D eigenvalue weighted by Crippen LogP contribution is -2.05. The smallest absolute Gasteiger partial charge is 0.165 e. The summed E-state index contributed by atoms with van der Waals surface area (Å²) in [6.45, 7) is 5.05. The van der Waals surface area contributed by atoms with Crippen LogP contribution in [0.1, 0.15) is 23.1 Å². The van der Waals surface area contributed by atoms with Crippen LogP contribution in [0.4, 0.5) is 0 Å². The van der Waals surface area contributed by atoms with Crippen LogP contribution < -0.4 is 5.32 Å². The van der Waals surface area contributed by atoms with Crippen molar-refractivity contribution in [1.82, 2.24) is 10.3 Å². The standard InChI is InChI=1S/C12H16N2OS/c1-4-9-10(7-13-3)16-12(14-9)11-8(2)5-6-15-11/h5-6,13H,4,7H2,1-3H3. The van der Waals surface area contributed by atoms with Crippen molar-refractivity contribution in [2.45, 2.75) is 26.8 Å². The number of aromatic nitrogens is 1. The lowest BCUT2D eigenvalue weighted by atomic mass is 10.3. The van der Waals surface area contributed by atoms with E-state index in [0.717, 1.165) is 29.3 Å². The van der Waals surface area contributed by atoms with E-state index in [1.165, 1.54) is 10.6 Å². The summed E-state index contributed by atoms with van der Waals surface area (Å²) in [5.74, 6) is 0.905. The largest absolute Gasteiger partial charge is 0.462 e. The average molecular weight is 236 g/mol. The van der Waals surface area contributed by atoms with Crippen molar-refractivity contribution in [3.8, 4) is 10.8 Å². The second kappa shape index (κ2) is 4.80. The van der Waals surface area contributed by atoms with Crippen molar-refractivity contribution in [3.05, 3.63) is 28.5 Å². The van der Waals surface area contributed by atoms with E-state index < -0.39 is 0 Å². The van der Waals surface area contributed by atoms with E-state index >= 15 is 0 Å². The second-order valence-corrected chi connectivity index (χ2v) is 4.79. The molecule has 0 aliphatic carbocycles. The van der Waals surface area contributed by atoms with Crippen molar-refractivity contribution in [2.24, 2.45) is 0 Å². The molecule has 3 nitrogen and oxygen atoms in total. The molecule has 1 N–H and O–H groups in total. The molecule has 0 radical (unpaired) electrons. The zero-order valence-corrected chi connectivity index (χ0v) is 10.6. The van der Waals surface area contributed by atoms with Gasteiger partial charge in [0.1, 0.15) is 0 Å². The first-order chi connectivity index (χ1) is 7.76. The highest BCUT2D eigenvalue weighted by molar-refractivity contribution is 7.15. The Bertz CT molecular complexity index is 473. The Labute approximate surface area is 99.5 Å². The molecule has 86 valence electrons. The van der Waals surface area contributed by atoms with E-state index in [4.69, 9.17) is 4.42 Å². The molecule has 0 atom stereocenters. The third kappa shape index (κ3) is 2.03. The van der Waals surface area contributed by atoms with Crippen LogP contribution in [-0.2, 0) is 13.0 Å². The lowest BCUT2D eigenvalue weighted by Gasteiger charge is -1.96. The Hall–Kier alpha value is -1.13. The molecule has 0 unspecified atom stereocenters. The molecule has 0 aliphatic rings. The van der Waals surface area contributed by atoms with E-state index in [0.29, 0.717) is 0 Å². The van der Waals surface area contributed by atoms with Crippen molar-refractivity contribution in [1.29, 1.82) is 0 Å². The Morgan fingerprint density at radius 1 is 1.50 bits per heavy atom. The minimum atomic E-state index is 0.876. The Balaban J connectivity index is 2.39. The van der Waals surface area contributed by atoms with Gasteiger partial charge in [-0.25, -0.2) is 4.98 Å². The van der Waals surface area contributed by atoms with Gasteiger partial charge in [-0.1, -0.05) is 6.92 Å². The van der Waals surface area contributed by atoms with Gasteiger partial charge < -0.3 is 9.73 Å². The first kappa shape index (κ1) is 11.4. The van der Waals surface area contributed by atoms with E-state index in [1.807, 2.05) is 20.0 Å². The van der Waals surface area contributed by atoms with Gasteiger partial charge in [0.15, 0.2) is 10.8 Å². The number of nitrogens with one attached hydrogen (secondary N) is 1. The van der Waals surface area contributed by atoms with Gasteiger partial charge in [0.05, 0.1) is 12.0 Å². The fourth-order valence-corrected chi connectivity index (χ4v) is 2.86. The van der Waals surface area contributed by atoms with Gasteiger partial charge in [-0.3, -0.25) is 0 Å². The third-order valence-electron chi connectivity index (χ3n) is 2.51. The molecule has 2 rings (SSSR count). The van der Waals surface area contributed by atoms with Crippen LogP contribution in [0.25, 0.3) is 10.8 Å². The van der Waals surface area contributed by atoms with Gasteiger partial charge in [-0.2, -0.15) is 0 Å². The molecule has 0 saturated carbocycles. The zero-order valence-electron chi connectivity index (χ0n) is 9.83. The fraction of sp³-hybridized carbons (Fsp3) is 0.417. The maximum atomic E-state index is 5.47. The number of thiazole rings is 1. The molecule has 0 aliphatic heterocycles. The van der Waals surface area contributed by atoms with E-state index in [2.05, 4.69) is 17.2 Å². The lowest BCUT2D eigenvalue weighted by molar-refractivity contribution is 0.580. The number of rotatable bonds is 4. The SMILES string of the molecule is CCc1nc(-c2occc2C)sc1CNC. The zero-order chi connectivity index (χ0) is 11.5. The molecule has 2 aromatic heterocycles. The molecule has 2 heterocycles. The van der Waals surface area contributed by atoms with Gasteiger partial charge in [-0.05, 0) is 32.0 Å². The number of hydrogen-bond acceptors (Lipinski definition) is 4. The van der Waals surface area contributed by atoms with Crippen LogP contribution in [-0.4, -0.2) is 12.0 Å². The summed E-state index contributed by atoms with van der Waals surface area (Å²) in [5.41, 5.74) is 2.32. The summed E-state index contributed by atoms with van der Waals surface area (Å²) < 4.78 is 5.47. The van der Waals surface area contributed by atoms with E-state index in [-0.39, 0.29) is 0 Å². The highest BCUT2D eigenvalue weighted by atomic mass is 32.1. The number of hydrogen-bond donors (Lipinski definition) is 1. The first-order valence-corrected chi connectivity index (χ1v) is 6.25. The molecule has 0 fully saturated rings. The van der Waals surface area contributed by atoms with Crippen LogP contribution in [0.15, 0.2) is 16.7 Å². The minimum Gasteiger partial charge on any atom is -0.462 e. The highest BCUT2D eigenvalue weighted by Gasteiger charge is 2.14.